The molecule has 0 saturated heterocycles. The van der Waals surface area contributed by atoms with Crippen molar-refractivity contribution in [3.05, 3.63) is 41.5 Å². The van der Waals surface area contributed by atoms with Gasteiger partial charge in [0.1, 0.15) is 6.67 Å². The summed E-state index contributed by atoms with van der Waals surface area (Å²) < 4.78 is 17.7. The molecule has 17 heavy (non-hydrogen) atoms. The number of rotatable bonds is 6. The van der Waals surface area contributed by atoms with Gasteiger partial charge in [-0.1, -0.05) is 43.7 Å². The molecule has 0 spiro atoms. The Bertz CT molecular complexity index is 399. The molecule has 1 aromatic rings. The summed E-state index contributed by atoms with van der Waals surface area (Å²) in [6.07, 6.45) is 5.32. The van der Waals surface area contributed by atoms with Crippen LogP contribution in [0.3, 0.4) is 0 Å². The summed E-state index contributed by atoms with van der Waals surface area (Å²) in [6.45, 7) is 1.61. The molecule has 0 radical (unpaired) electrons. The van der Waals surface area contributed by atoms with Crippen molar-refractivity contribution < 1.29 is 9.13 Å². The minimum Gasteiger partial charge on any atom is -0.486 e. The van der Waals surface area contributed by atoms with E-state index >= 15 is 0 Å². The summed E-state index contributed by atoms with van der Waals surface area (Å²) in [5.74, 6) is 0. The van der Waals surface area contributed by atoms with Gasteiger partial charge in [0.15, 0.2) is 6.40 Å². The van der Waals surface area contributed by atoms with Gasteiger partial charge in [-0.3, -0.25) is 0 Å². The number of hydrogen-bond acceptors (Lipinski definition) is 2. The van der Waals surface area contributed by atoms with Crippen LogP contribution in [0.25, 0.3) is 5.70 Å². The van der Waals surface area contributed by atoms with Crippen molar-refractivity contribution in [1.29, 1.82) is 0 Å². The first-order valence-corrected chi connectivity index (χ1v) is 5.73. The van der Waals surface area contributed by atoms with Crippen LogP contribution in [0, 0.1) is 0 Å². The SMILES string of the molecule is CCC/C=C(/N=C\OC)c1ccccc1CF. The zero-order valence-electron chi connectivity index (χ0n) is 10.3. The molecule has 0 atom stereocenters. The third-order valence-corrected chi connectivity index (χ3v) is 2.36. The van der Waals surface area contributed by atoms with E-state index < -0.39 is 6.67 Å². The van der Waals surface area contributed by atoms with Gasteiger partial charge in [-0.05, 0) is 12.0 Å². The minimum absolute atomic E-state index is 0.484. The Morgan fingerprint density at radius 2 is 2.18 bits per heavy atom. The van der Waals surface area contributed by atoms with Crippen LogP contribution in [0.5, 0.6) is 0 Å². The largest absolute Gasteiger partial charge is 0.486 e. The smallest absolute Gasteiger partial charge is 0.174 e. The number of methoxy groups -OCH3 is 1. The van der Waals surface area contributed by atoms with Gasteiger partial charge in [-0.15, -0.1) is 0 Å². The lowest BCUT2D eigenvalue weighted by Crippen LogP contribution is -1.91. The highest BCUT2D eigenvalue weighted by Crippen LogP contribution is 2.22. The Morgan fingerprint density at radius 1 is 1.41 bits per heavy atom. The van der Waals surface area contributed by atoms with E-state index in [1.807, 2.05) is 24.3 Å². The van der Waals surface area contributed by atoms with E-state index in [1.165, 1.54) is 6.40 Å². The molecule has 1 rings (SSSR count). The predicted octanol–water partition coefficient (Wildman–Crippen LogP) is 3.97. The molecule has 0 unspecified atom stereocenters. The maximum absolute atomic E-state index is 12.9. The van der Waals surface area contributed by atoms with Crippen LogP contribution in [-0.2, 0) is 11.4 Å². The fraction of sp³-hybridized carbons (Fsp3) is 0.357. The second-order valence-corrected chi connectivity index (χ2v) is 3.64. The molecular formula is C14H18FNO. The van der Waals surface area contributed by atoms with Gasteiger partial charge in [0, 0.05) is 5.56 Å². The Balaban J connectivity index is 3.07. The average Bonchev–Trinajstić information content (AvgIpc) is 2.39. The number of alkyl halides is 1. The van der Waals surface area contributed by atoms with E-state index in [0.29, 0.717) is 5.56 Å². The van der Waals surface area contributed by atoms with Crippen molar-refractivity contribution in [1.82, 2.24) is 0 Å². The van der Waals surface area contributed by atoms with Crippen LogP contribution in [-0.4, -0.2) is 13.5 Å². The number of aliphatic imine (C=N–C) groups is 1. The van der Waals surface area contributed by atoms with Crippen molar-refractivity contribution >= 4 is 12.1 Å². The average molecular weight is 235 g/mol. The fourth-order valence-electron chi connectivity index (χ4n) is 1.51. The molecule has 0 saturated carbocycles. The molecule has 0 amide bonds. The van der Waals surface area contributed by atoms with Gasteiger partial charge in [-0.25, -0.2) is 9.38 Å². The van der Waals surface area contributed by atoms with Gasteiger partial charge in [0.05, 0.1) is 12.8 Å². The summed E-state index contributed by atoms with van der Waals surface area (Å²) in [6, 6.07) is 7.37. The van der Waals surface area contributed by atoms with Gasteiger partial charge >= 0.3 is 0 Å². The molecule has 0 heterocycles. The standard InChI is InChI=1S/C14H18FNO/c1-3-4-9-14(16-11-17-2)13-8-6-5-7-12(13)10-15/h5-9,11H,3-4,10H2,1-2H3/b14-9+,16-11-. The Morgan fingerprint density at radius 3 is 2.82 bits per heavy atom. The van der Waals surface area contributed by atoms with Gasteiger partial charge in [0.2, 0.25) is 0 Å². The molecule has 0 aliphatic carbocycles. The van der Waals surface area contributed by atoms with Crippen LogP contribution in [0.2, 0.25) is 0 Å². The monoisotopic (exact) mass is 235 g/mol. The lowest BCUT2D eigenvalue weighted by molar-refractivity contribution is 0.423. The summed E-state index contributed by atoms with van der Waals surface area (Å²) in [5, 5.41) is 0. The highest BCUT2D eigenvalue weighted by molar-refractivity contribution is 5.72. The van der Waals surface area contributed by atoms with Crippen molar-refractivity contribution in [2.45, 2.75) is 26.4 Å². The second-order valence-electron chi connectivity index (χ2n) is 3.64. The third-order valence-electron chi connectivity index (χ3n) is 2.36. The number of hydrogen-bond donors (Lipinski definition) is 0. The zero-order chi connectivity index (χ0) is 12.5. The lowest BCUT2D eigenvalue weighted by atomic mass is 10.0. The normalized spacial score (nSPS) is 12.1. The molecule has 0 fully saturated rings. The first-order chi connectivity index (χ1) is 8.33. The number of benzene rings is 1. The maximum Gasteiger partial charge on any atom is 0.174 e. The number of nitrogens with zero attached hydrogens (tertiary/aromatic N) is 1. The second kappa shape index (κ2) is 7.60. The third kappa shape index (κ3) is 4.02. The zero-order valence-corrected chi connectivity index (χ0v) is 10.3. The van der Waals surface area contributed by atoms with Crippen LogP contribution < -0.4 is 0 Å². The van der Waals surface area contributed by atoms with E-state index in [9.17, 15) is 4.39 Å². The number of unbranched alkanes of at least 4 members (excludes halogenated alkanes) is 1. The van der Waals surface area contributed by atoms with Crippen molar-refractivity contribution in [2.75, 3.05) is 7.11 Å². The van der Waals surface area contributed by atoms with Crippen molar-refractivity contribution in [3.8, 4) is 0 Å². The molecule has 0 aliphatic rings. The number of allylic oxidation sites excluding steroid dienone is 1. The Kier molecular flexibility index (Phi) is 6.00. The van der Waals surface area contributed by atoms with Crippen LogP contribution in [0.4, 0.5) is 4.39 Å². The summed E-state index contributed by atoms with van der Waals surface area (Å²) >= 11 is 0. The molecule has 92 valence electrons. The quantitative estimate of drug-likeness (QED) is 0.540. The lowest BCUT2D eigenvalue weighted by Gasteiger charge is -2.06. The molecule has 0 aliphatic heterocycles. The molecular weight excluding hydrogens is 217 g/mol. The van der Waals surface area contributed by atoms with E-state index in [0.717, 1.165) is 24.1 Å². The highest BCUT2D eigenvalue weighted by atomic mass is 19.1. The molecule has 3 heteroatoms. The Labute approximate surface area is 102 Å². The van der Waals surface area contributed by atoms with E-state index in [4.69, 9.17) is 4.74 Å². The van der Waals surface area contributed by atoms with Gasteiger partial charge < -0.3 is 4.74 Å². The van der Waals surface area contributed by atoms with Gasteiger partial charge in [0.25, 0.3) is 0 Å². The maximum atomic E-state index is 12.9. The topological polar surface area (TPSA) is 21.6 Å². The van der Waals surface area contributed by atoms with E-state index in [1.54, 1.807) is 13.2 Å². The number of ether oxygens (including phenoxy) is 1. The van der Waals surface area contributed by atoms with E-state index in [-0.39, 0.29) is 0 Å². The van der Waals surface area contributed by atoms with Crippen molar-refractivity contribution in [3.63, 3.8) is 0 Å². The molecule has 0 aromatic heterocycles. The molecule has 2 nitrogen and oxygen atoms in total. The first-order valence-electron chi connectivity index (χ1n) is 5.73. The van der Waals surface area contributed by atoms with Crippen LogP contribution in [0.15, 0.2) is 35.3 Å². The molecule has 0 N–H and O–H groups in total. The van der Waals surface area contributed by atoms with Crippen molar-refractivity contribution in [2.24, 2.45) is 4.99 Å². The van der Waals surface area contributed by atoms with Crippen LogP contribution >= 0.6 is 0 Å². The number of halogens is 1. The minimum atomic E-state index is -0.484. The highest BCUT2D eigenvalue weighted by Gasteiger charge is 2.05. The molecule has 0 bridgehead atoms. The predicted molar refractivity (Wildman–Crippen MR) is 69.6 cm³/mol. The molecule has 1 aromatic carbocycles. The Hall–Kier alpha value is -1.64. The van der Waals surface area contributed by atoms with Crippen LogP contribution in [0.1, 0.15) is 30.9 Å². The summed E-state index contributed by atoms with van der Waals surface area (Å²) in [4.78, 5) is 4.21. The summed E-state index contributed by atoms with van der Waals surface area (Å²) in [7, 11) is 1.54. The van der Waals surface area contributed by atoms with Gasteiger partial charge in [-0.2, -0.15) is 0 Å². The first kappa shape index (κ1) is 13.4. The fourth-order valence-corrected chi connectivity index (χ4v) is 1.51. The summed E-state index contributed by atoms with van der Waals surface area (Å²) in [5.41, 5.74) is 2.25. The van der Waals surface area contributed by atoms with E-state index in [2.05, 4.69) is 11.9 Å².